The number of aliphatic carboxylic acids is 1. The van der Waals surface area contributed by atoms with Crippen LogP contribution in [-0.4, -0.2) is 71.0 Å². The summed E-state index contributed by atoms with van der Waals surface area (Å²) in [5.74, 6) is -2.19. The first kappa shape index (κ1) is 35.3. The summed E-state index contributed by atoms with van der Waals surface area (Å²) in [6, 6.07) is 10.7. The normalized spacial score (nSPS) is 16.5. The number of amides is 2. The fourth-order valence-electron chi connectivity index (χ4n) is 6.66. The molecule has 48 heavy (non-hydrogen) atoms. The Balaban J connectivity index is 1.37. The molecular formula is C37H45ClFN5O4. The largest absolute Gasteiger partial charge is 0.481 e. The summed E-state index contributed by atoms with van der Waals surface area (Å²) in [6.07, 6.45) is 2.26. The summed E-state index contributed by atoms with van der Waals surface area (Å²) in [6.45, 7) is 12.8. The van der Waals surface area contributed by atoms with Crippen molar-refractivity contribution in [2.45, 2.75) is 78.4 Å². The maximum atomic E-state index is 15.8. The fourth-order valence-corrected chi connectivity index (χ4v) is 6.99. The van der Waals surface area contributed by atoms with Crippen LogP contribution >= 0.6 is 11.6 Å². The molecule has 1 aliphatic heterocycles. The van der Waals surface area contributed by atoms with E-state index in [0.717, 1.165) is 42.9 Å². The number of carboxylic acids is 1. The minimum atomic E-state index is -1.20. The second kappa shape index (κ2) is 15.0. The molecule has 0 bridgehead atoms. The molecule has 9 nitrogen and oxygen atoms in total. The molecule has 1 aliphatic carbocycles. The van der Waals surface area contributed by atoms with Crippen molar-refractivity contribution < 1.29 is 23.9 Å². The van der Waals surface area contributed by atoms with E-state index in [0.29, 0.717) is 28.0 Å². The number of aromatic nitrogens is 1. The van der Waals surface area contributed by atoms with Crippen molar-refractivity contribution >= 4 is 35.2 Å². The summed E-state index contributed by atoms with van der Waals surface area (Å²) < 4.78 is 15.8. The third-order valence-electron chi connectivity index (χ3n) is 9.14. The Hall–Kier alpha value is -4.02. The number of hydrogen-bond acceptors (Lipinski definition) is 6. The van der Waals surface area contributed by atoms with Gasteiger partial charge in [0.15, 0.2) is 0 Å². The highest BCUT2D eigenvalue weighted by Crippen LogP contribution is 2.35. The number of aryl methyl sites for hydroxylation is 3. The van der Waals surface area contributed by atoms with Gasteiger partial charge in [-0.3, -0.25) is 19.3 Å². The Bertz CT molecular complexity index is 1660. The fraction of sp³-hybridized carbons (Fsp3) is 0.459. The maximum absolute atomic E-state index is 15.8. The van der Waals surface area contributed by atoms with Gasteiger partial charge in [-0.1, -0.05) is 31.5 Å². The van der Waals surface area contributed by atoms with Crippen molar-refractivity contribution in [1.29, 1.82) is 0 Å². The minimum Gasteiger partial charge on any atom is -0.481 e. The van der Waals surface area contributed by atoms with Crippen LogP contribution in [0.3, 0.4) is 0 Å². The predicted octanol–water partition coefficient (Wildman–Crippen LogP) is 6.23. The van der Waals surface area contributed by atoms with E-state index in [-0.39, 0.29) is 23.6 Å². The van der Waals surface area contributed by atoms with Crippen molar-refractivity contribution in [3.63, 3.8) is 0 Å². The van der Waals surface area contributed by atoms with Gasteiger partial charge in [0.1, 0.15) is 23.4 Å². The Morgan fingerprint density at radius 3 is 2.25 bits per heavy atom. The zero-order valence-corrected chi connectivity index (χ0v) is 29.0. The van der Waals surface area contributed by atoms with Gasteiger partial charge in [0.2, 0.25) is 5.91 Å². The molecule has 5 rings (SSSR count). The number of nitrogens with zero attached hydrogens (tertiary/aromatic N) is 3. The lowest BCUT2D eigenvalue weighted by Crippen LogP contribution is -2.49. The van der Waals surface area contributed by atoms with Gasteiger partial charge in [-0.15, -0.1) is 0 Å². The van der Waals surface area contributed by atoms with Gasteiger partial charge in [0, 0.05) is 42.8 Å². The van der Waals surface area contributed by atoms with Crippen molar-refractivity contribution in [3.05, 3.63) is 81.3 Å². The van der Waals surface area contributed by atoms with Crippen LogP contribution in [-0.2, 0) is 9.59 Å². The molecule has 2 atom stereocenters. The monoisotopic (exact) mass is 677 g/mol. The molecule has 2 aliphatic rings. The lowest BCUT2D eigenvalue weighted by atomic mass is 9.90. The second-order valence-corrected chi connectivity index (χ2v) is 14.0. The summed E-state index contributed by atoms with van der Waals surface area (Å²) >= 11 is 6.25. The Morgan fingerprint density at radius 1 is 0.979 bits per heavy atom. The van der Waals surface area contributed by atoms with Gasteiger partial charge in [-0.25, -0.2) is 9.37 Å². The molecule has 0 spiro atoms. The Morgan fingerprint density at radius 2 is 1.65 bits per heavy atom. The topological polar surface area (TPSA) is 115 Å². The molecule has 0 radical (unpaired) electrons. The smallest absolute Gasteiger partial charge is 0.305 e. The summed E-state index contributed by atoms with van der Waals surface area (Å²) in [4.78, 5) is 48.6. The molecule has 1 saturated heterocycles. The summed E-state index contributed by atoms with van der Waals surface area (Å²) in [5, 5.41) is 16.0. The van der Waals surface area contributed by atoms with Gasteiger partial charge in [-0.05, 0) is 110 Å². The van der Waals surface area contributed by atoms with Crippen LogP contribution in [0.4, 0.5) is 10.2 Å². The Labute approximate surface area is 286 Å². The number of carbonyl (C=O) groups excluding carboxylic acids is 2. The van der Waals surface area contributed by atoms with Crippen LogP contribution < -0.4 is 15.5 Å². The number of nitrogens with one attached hydrogen (secondary N) is 2. The molecule has 11 heteroatoms. The average Bonchev–Trinajstić information content (AvgIpc) is 3.87. The number of pyridine rings is 1. The molecule has 2 amide bonds. The van der Waals surface area contributed by atoms with Crippen molar-refractivity contribution in [2.24, 2.45) is 5.92 Å². The van der Waals surface area contributed by atoms with Crippen molar-refractivity contribution in [3.8, 4) is 11.1 Å². The third-order valence-corrected chi connectivity index (χ3v) is 9.36. The lowest BCUT2D eigenvalue weighted by molar-refractivity contribution is -0.137. The molecule has 1 saturated carbocycles. The number of anilines is 1. The van der Waals surface area contributed by atoms with Gasteiger partial charge in [0.25, 0.3) is 5.91 Å². The maximum Gasteiger partial charge on any atom is 0.305 e. The summed E-state index contributed by atoms with van der Waals surface area (Å²) in [5.41, 5.74) is 3.86. The van der Waals surface area contributed by atoms with Crippen LogP contribution in [0.15, 0.2) is 42.5 Å². The molecular weight excluding hydrogens is 633 g/mol. The first-order chi connectivity index (χ1) is 22.8. The molecule has 2 aromatic carbocycles. The van der Waals surface area contributed by atoms with E-state index in [9.17, 15) is 19.5 Å². The average molecular weight is 678 g/mol. The highest BCUT2D eigenvalue weighted by atomic mass is 35.5. The molecule has 1 aromatic heterocycles. The molecule has 3 aromatic rings. The van der Waals surface area contributed by atoms with E-state index >= 15 is 4.39 Å². The number of piperazine rings is 1. The quantitative estimate of drug-likeness (QED) is 0.208. The molecule has 256 valence electrons. The van der Waals surface area contributed by atoms with E-state index in [2.05, 4.69) is 25.4 Å². The van der Waals surface area contributed by atoms with E-state index < -0.39 is 42.1 Å². The van der Waals surface area contributed by atoms with E-state index in [4.69, 9.17) is 11.6 Å². The van der Waals surface area contributed by atoms with Crippen molar-refractivity contribution in [1.82, 2.24) is 20.5 Å². The number of carboxylic acid groups (broad SMARTS) is 1. The van der Waals surface area contributed by atoms with Gasteiger partial charge in [0.05, 0.1) is 12.5 Å². The SMILES string of the molecule is Cc1cc(-c2c(C)cc(Cl)cc2C)cc([C@H](CC(=O)O)NC(=O)[C@H](CC(C)C)NC(=O)c2cccc(N3CCN(C4CC4)CC3)n2)c1F. The van der Waals surface area contributed by atoms with Gasteiger partial charge < -0.3 is 20.6 Å². The molecule has 2 fully saturated rings. The predicted molar refractivity (Wildman–Crippen MR) is 186 cm³/mol. The zero-order valence-electron chi connectivity index (χ0n) is 28.3. The van der Waals surface area contributed by atoms with Crippen LogP contribution in [0.5, 0.6) is 0 Å². The Kier molecular flexibility index (Phi) is 11.1. The van der Waals surface area contributed by atoms with Gasteiger partial charge in [-0.2, -0.15) is 0 Å². The van der Waals surface area contributed by atoms with Crippen LogP contribution in [0.2, 0.25) is 5.02 Å². The zero-order chi connectivity index (χ0) is 34.7. The third kappa shape index (κ3) is 8.52. The highest BCUT2D eigenvalue weighted by molar-refractivity contribution is 6.30. The standard InChI is InChI=1S/C37H45ClFN5O4/c1-21(2)15-31(42-36(47)29-7-6-8-32(40-29)44-13-11-43(12-14-44)27-9-10-27)37(48)41-30(20-33(45)46)28-19-25(16-24(5)35(28)39)34-22(3)17-26(38)18-23(34)4/h6-8,16-19,21,27,30-31H,9-15,20H2,1-5H3,(H,41,48)(H,42,47)(H,45,46)/t30-,31-/m0/s1. The van der Waals surface area contributed by atoms with Crippen LogP contribution in [0, 0.1) is 32.5 Å². The number of carbonyl (C=O) groups is 3. The second-order valence-electron chi connectivity index (χ2n) is 13.6. The minimum absolute atomic E-state index is 0.0131. The first-order valence-corrected chi connectivity index (χ1v) is 17.0. The van der Waals surface area contributed by atoms with Crippen LogP contribution in [0.1, 0.15) is 78.3 Å². The number of halogens is 2. The first-order valence-electron chi connectivity index (χ1n) is 16.7. The van der Waals surface area contributed by atoms with E-state index in [1.807, 2.05) is 45.9 Å². The molecule has 2 heterocycles. The van der Waals surface area contributed by atoms with E-state index in [1.165, 1.54) is 12.8 Å². The molecule has 3 N–H and O–H groups in total. The van der Waals surface area contributed by atoms with Gasteiger partial charge >= 0.3 is 5.97 Å². The summed E-state index contributed by atoms with van der Waals surface area (Å²) in [7, 11) is 0. The highest BCUT2D eigenvalue weighted by Gasteiger charge is 2.32. The lowest BCUT2D eigenvalue weighted by Gasteiger charge is -2.35. The number of rotatable bonds is 12. The number of hydrogen-bond donors (Lipinski definition) is 3. The van der Waals surface area contributed by atoms with Crippen LogP contribution in [0.25, 0.3) is 11.1 Å². The van der Waals surface area contributed by atoms with E-state index in [1.54, 1.807) is 31.2 Å². The van der Waals surface area contributed by atoms with Crippen molar-refractivity contribution in [2.75, 3.05) is 31.1 Å². The molecule has 0 unspecified atom stereocenters. The number of benzene rings is 2.